The summed E-state index contributed by atoms with van der Waals surface area (Å²) in [6.45, 7) is 6.97. The van der Waals surface area contributed by atoms with E-state index in [1.54, 1.807) is 0 Å². The molecule has 1 aliphatic heterocycles. The van der Waals surface area contributed by atoms with Crippen LogP contribution in [0.4, 0.5) is 0 Å². The number of imide groups is 1. The van der Waals surface area contributed by atoms with Crippen LogP contribution in [0, 0.1) is 11.8 Å². The van der Waals surface area contributed by atoms with E-state index >= 15 is 0 Å². The van der Waals surface area contributed by atoms with Crippen molar-refractivity contribution in [2.24, 2.45) is 11.8 Å². The topological polar surface area (TPSA) is 34.1 Å². The SMILES string of the molecule is CC(C)C(CCCCc1ccc2ccccc2c1)C(=O)[N+]1(C=O)CCC[C@H]1C. The Labute approximate surface area is 169 Å². The highest BCUT2D eigenvalue weighted by molar-refractivity contribution is 5.83. The minimum Gasteiger partial charge on any atom is -0.233 e. The molecule has 28 heavy (non-hydrogen) atoms. The molecule has 0 saturated carbocycles. The molecule has 2 amide bonds. The van der Waals surface area contributed by atoms with Gasteiger partial charge in [-0.1, -0.05) is 62.7 Å². The normalized spacial score (nSPS) is 23.2. The van der Waals surface area contributed by atoms with E-state index in [0.29, 0.717) is 6.54 Å². The van der Waals surface area contributed by atoms with Crippen molar-refractivity contribution in [2.75, 3.05) is 6.54 Å². The predicted octanol–water partition coefficient (Wildman–Crippen LogP) is 5.51. The van der Waals surface area contributed by atoms with Crippen LogP contribution in [0.5, 0.6) is 0 Å². The van der Waals surface area contributed by atoms with Gasteiger partial charge in [-0.05, 0) is 48.4 Å². The maximum absolute atomic E-state index is 13.3. The highest BCUT2D eigenvalue weighted by Crippen LogP contribution is 2.32. The molecule has 150 valence electrons. The molecule has 1 saturated heterocycles. The van der Waals surface area contributed by atoms with Crippen LogP contribution in [0.1, 0.15) is 58.4 Å². The second-order valence-corrected chi connectivity index (χ2v) is 8.87. The fourth-order valence-electron chi connectivity index (χ4n) is 4.77. The lowest BCUT2D eigenvalue weighted by molar-refractivity contribution is -0.782. The lowest BCUT2D eigenvalue weighted by Crippen LogP contribution is -2.57. The maximum atomic E-state index is 13.3. The molecule has 0 spiro atoms. The Balaban J connectivity index is 1.59. The molecule has 3 rings (SSSR count). The lowest BCUT2D eigenvalue weighted by Gasteiger charge is -2.33. The van der Waals surface area contributed by atoms with Crippen molar-refractivity contribution in [1.82, 2.24) is 0 Å². The van der Waals surface area contributed by atoms with Gasteiger partial charge in [0.1, 0.15) is 6.04 Å². The summed E-state index contributed by atoms with van der Waals surface area (Å²) >= 11 is 0. The number of likely N-dealkylation sites (tertiary alicyclic amines) is 1. The van der Waals surface area contributed by atoms with Gasteiger partial charge in [0.25, 0.3) is 0 Å². The van der Waals surface area contributed by atoms with Crippen LogP contribution in [0.15, 0.2) is 42.5 Å². The second kappa shape index (κ2) is 9.00. The number of carbonyl (C=O) groups is 2. The molecule has 1 fully saturated rings. The van der Waals surface area contributed by atoms with Gasteiger partial charge in [0.05, 0.1) is 12.5 Å². The van der Waals surface area contributed by atoms with Gasteiger partial charge in [0, 0.05) is 12.8 Å². The summed E-state index contributed by atoms with van der Waals surface area (Å²) in [5, 5.41) is 2.56. The zero-order valence-corrected chi connectivity index (χ0v) is 17.6. The van der Waals surface area contributed by atoms with Crippen molar-refractivity contribution in [3.05, 3.63) is 48.0 Å². The van der Waals surface area contributed by atoms with E-state index in [9.17, 15) is 9.59 Å². The van der Waals surface area contributed by atoms with Crippen LogP contribution in [0.3, 0.4) is 0 Å². The Kier molecular flexibility index (Phi) is 6.66. The molecule has 0 aromatic heterocycles. The van der Waals surface area contributed by atoms with E-state index in [4.69, 9.17) is 0 Å². The van der Waals surface area contributed by atoms with E-state index in [2.05, 4.69) is 63.2 Å². The first-order chi connectivity index (χ1) is 13.5. The first-order valence-corrected chi connectivity index (χ1v) is 10.8. The molecule has 0 N–H and O–H groups in total. The first kappa shape index (κ1) is 20.7. The smallest absolute Gasteiger partial charge is 0.233 e. The van der Waals surface area contributed by atoms with Crippen LogP contribution >= 0.6 is 0 Å². The Hall–Kier alpha value is -2.00. The third kappa shape index (κ3) is 4.20. The third-order valence-electron chi connectivity index (χ3n) is 6.70. The Morgan fingerprint density at radius 3 is 2.54 bits per heavy atom. The molecule has 0 aliphatic carbocycles. The fraction of sp³-hybridized carbons (Fsp3) is 0.520. The number of fused-ring (bicyclic) bond motifs is 1. The van der Waals surface area contributed by atoms with Crippen LogP contribution in [0.25, 0.3) is 10.8 Å². The number of amides is 2. The number of hydrogen-bond donors (Lipinski definition) is 0. The van der Waals surface area contributed by atoms with Crippen LogP contribution < -0.4 is 0 Å². The minimum absolute atomic E-state index is 0.0256. The van der Waals surface area contributed by atoms with Crippen molar-refractivity contribution >= 4 is 23.1 Å². The van der Waals surface area contributed by atoms with E-state index in [1.807, 2.05) is 0 Å². The minimum atomic E-state index is -0.0256. The molecule has 1 aliphatic rings. The van der Waals surface area contributed by atoms with Crippen molar-refractivity contribution in [1.29, 1.82) is 0 Å². The number of hydrogen-bond acceptors (Lipinski definition) is 2. The van der Waals surface area contributed by atoms with Gasteiger partial charge in [0.2, 0.25) is 0 Å². The zero-order chi connectivity index (χ0) is 20.1. The van der Waals surface area contributed by atoms with Crippen molar-refractivity contribution in [2.45, 2.75) is 65.3 Å². The number of benzene rings is 2. The average molecular weight is 381 g/mol. The summed E-state index contributed by atoms with van der Waals surface area (Å²) < 4.78 is 0.0491. The van der Waals surface area contributed by atoms with Gasteiger partial charge < -0.3 is 0 Å². The maximum Gasteiger partial charge on any atom is 0.324 e. The zero-order valence-electron chi connectivity index (χ0n) is 17.6. The summed E-state index contributed by atoms with van der Waals surface area (Å²) in [4.78, 5) is 25.2. The van der Waals surface area contributed by atoms with E-state index < -0.39 is 0 Å². The van der Waals surface area contributed by atoms with Crippen LogP contribution in [-0.2, 0) is 16.0 Å². The predicted molar refractivity (Wildman–Crippen MR) is 115 cm³/mol. The molecular formula is C25H34NO2+. The number of unbranched alkanes of at least 4 members (excludes halogenated alkanes) is 1. The molecule has 2 unspecified atom stereocenters. The van der Waals surface area contributed by atoms with Crippen molar-refractivity contribution < 1.29 is 14.1 Å². The Bertz CT molecular complexity index is 828. The summed E-state index contributed by atoms with van der Waals surface area (Å²) in [5.74, 6) is 0.402. The quantitative estimate of drug-likeness (QED) is 0.344. The monoisotopic (exact) mass is 380 g/mol. The van der Waals surface area contributed by atoms with Crippen molar-refractivity contribution in [3.63, 3.8) is 0 Å². The Morgan fingerprint density at radius 2 is 1.89 bits per heavy atom. The van der Waals surface area contributed by atoms with Gasteiger partial charge in [-0.25, -0.2) is 9.59 Å². The number of aryl methyl sites for hydroxylation is 1. The molecule has 2 aromatic carbocycles. The first-order valence-electron chi connectivity index (χ1n) is 10.8. The summed E-state index contributed by atoms with van der Waals surface area (Å²) in [5.41, 5.74) is 1.36. The standard InChI is InChI=1S/C25H34NO2/c1-19(2)24(25(28)26(18-27)16-8-9-20(26)3)13-7-4-10-21-14-15-22-11-5-6-12-23(22)17-21/h5-6,11-12,14-15,17-20,24H,4,7-10,13,16H2,1-3H3/q+1/t20-,24?,26?/m1/s1. The summed E-state index contributed by atoms with van der Waals surface area (Å²) in [6, 6.07) is 15.3. The highest BCUT2D eigenvalue weighted by Gasteiger charge is 2.49. The van der Waals surface area contributed by atoms with Gasteiger partial charge >= 0.3 is 12.3 Å². The number of rotatable bonds is 8. The molecule has 3 atom stereocenters. The molecule has 1 heterocycles. The molecular weight excluding hydrogens is 346 g/mol. The van der Waals surface area contributed by atoms with Crippen LogP contribution in [-0.4, -0.2) is 29.4 Å². The highest BCUT2D eigenvalue weighted by atomic mass is 16.2. The molecule has 0 bridgehead atoms. The number of carbonyl (C=O) groups excluding carboxylic acids is 2. The number of quaternary nitrogens is 1. The van der Waals surface area contributed by atoms with Gasteiger partial charge in [-0.15, -0.1) is 0 Å². The molecule has 3 heteroatoms. The second-order valence-electron chi connectivity index (χ2n) is 8.87. The molecule has 2 aromatic rings. The Morgan fingerprint density at radius 1 is 1.14 bits per heavy atom. The fourth-order valence-corrected chi connectivity index (χ4v) is 4.77. The number of nitrogens with zero attached hydrogens (tertiary/aromatic N) is 1. The summed E-state index contributed by atoms with van der Waals surface area (Å²) in [7, 11) is 0. The summed E-state index contributed by atoms with van der Waals surface area (Å²) in [6.07, 6.45) is 6.87. The van der Waals surface area contributed by atoms with Gasteiger partial charge in [-0.3, -0.25) is 0 Å². The largest absolute Gasteiger partial charge is 0.324 e. The van der Waals surface area contributed by atoms with E-state index in [-0.39, 0.29) is 28.3 Å². The van der Waals surface area contributed by atoms with Crippen molar-refractivity contribution in [3.8, 4) is 0 Å². The molecule has 0 radical (unpaired) electrons. The molecule has 3 nitrogen and oxygen atoms in total. The van der Waals surface area contributed by atoms with Gasteiger partial charge in [-0.2, -0.15) is 4.48 Å². The van der Waals surface area contributed by atoms with Gasteiger partial charge in [0.15, 0.2) is 0 Å². The van der Waals surface area contributed by atoms with E-state index in [1.165, 1.54) is 16.3 Å². The third-order valence-corrected chi connectivity index (χ3v) is 6.70. The average Bonchev–Trinajstić information content (AvgIpc) is 3.08. The lowest BCUT2D eigenvalue weighted by atomic mass is 9.87. The van der Waals surface area contributed by atoms with Crippen LogP contribution in [0.2, 0.25) is 0 Å². The van der Waals surface area contributed by atoms with E-state index in [0.717, 1.165) is 44.9 Å².